The van der Waals surface area contributed by atoms with Crippen molar-refractivity contribution in [2.75, 3.05) is 21.3 Å². The van der Waals surface area contributed by atoms with Crippen LogP contribution >= 0.6 is 0 Å². The quantitative estimate of drug-likeness (QED) is 0.269. The molecule has 3 saturated carbocycles. The SMILES string of the molecule is COC(=O)C[C@H]1[C@](C)(CC(OC)OC)C[C@]2(OC(C)=O)C(=O)[C@H]3[C@H](CC[C@@]4(C)[C@H](c5ccoc5)OC(=O)C[C@@]34O)[C@]12C. The summed E-state index contributed by atoms with van der Waals surface area (Å²) in [6.07, 6.45) is 2.34. The van der Waals surface area contributed by atoms with E-state index in [0.717, 1.165) is 0 Å². The zero-order valence-corrected chi connectivity index (χ0v) is 25.4. The number of fused-ring (bicyclic) bond motifs is 5. The van der Waals surface area contributed by atoms with Gasteiger partial charge in [-0.1, -0.05) is 20.8 Å². The Kier molecular flexibility index (Phi) is 7.43. The monoisotopic (exact) mass is 590 g/mol. The first-order chi connectivity index (χ1) is 19.7. The Morgan fingerprint density at radius 1 is 1.14 bits per heavy atom. The van der Waals surface area contributed by atoms with Crippen LogP contribution in [0.3, 0.4) is 0 Å². The normalized spacial score (nSPS) is 42.5. The van der Waals surface area contributed by atoms with Gasteiger partial charge in [0.15, 0.2) is 17.7 Å². The number of carbonyl (C=O) groups is 4. The highest BCUT2D eigenvalue weighted by Gasteiger charge is 2.84. The molecule has 4 aliphatic rings. The standard InChI is InChI=1S/C31H42O11/c1-17(32)42-31-16-27(2,14-23(38-6)39-7)20(12-21(33)37-5)29(31,4)19-8-10-28(3)26(18-9-11-40-15-18)41-22(34)13-30(28,36)24(19)25(31)35/h9,11,15,19-20,23-24,26,36H,8,10,12-14,16H2,1-7H3/t19-,20-,24+,26-,27+,28-,29+,30+,31-/m0/s1. The maximum Gasteiger partial charge on any atom is 0.309 e. The third-order valence-electron chi connectivity index (χ3n) is 11.6. The maximum atomic E-state index is 15.0. The van der Waals surface area contributed by atoms with E-state index in [2.05, 4.69) is 0 Å². The molecule has 0 aromatic carbocycles. The highest BCUT2D eigenvalue weighted by molar-refractivity contribution is 5.98. The molecule has 0 bridgehead atoms. The number of carbonyl (C=O) groups excluding carboxylic acids is 4. The van der Waals surface area contributed by atoms with E-state index in [9.17, 15) is 19.5 Å². The van der Waals surface area contributed by atoms with Gasteiger partial charge in [0.2, 0.25) is 0 Å². The number of Topliss-reactive ketones (excluding diaryl/α,β-unsaturated/α-hetero) is 1. The molecule has 1 N–H and O–H groups in total. The Hall–Kier alpha value is -2.76. The minimum Gasteiger partial charge on any atom is -0.472 e. The van der Waals surface area contributed by atoms with Crippen LogP contribution in [0.2, 0.25) is 0 Å². The summed E-state index contributed by atoms with van der Waals surface area (Å²) in [5, 5.41) is 12.7. The molecule has 3 aliphatic carbocycles. The van der Waals surface area contributed by atoms with Crippen LogP contribution in [-0.2, 0) is 42.9 Å². The van der Waals surface area contributed by atoms with Gasteiger partial charge in [-0.3, -0.25) is 19.2 Å². The lowest BCUT2D eigenvalue weighted by Gasteiger charge is -2.59. The Morgan fingerprint density at radius 3 is 2.40 bits per heavy atom. The summed E-state index contributed by atoms with van der Waals surface area (Å²) < 4.78 is 33.4. The number of aliphatic hydroxyl groups is 1. The minimum atomic E-state index is -1.81. The number of esters is 3. The second-order valence-corrected chi connectivity index (χ2v) is 13.4. The van der Waals surface area contributed by atoms with Gasteiger partial charge in [0, 0.05) is 56.8 Å². The maximum absolute atomic E-state index is 15.0. The molecular formula is C31H42O11. The van der Waals surface area contributed by atoms with E-state index in [0.29, 0.717) is 24.8 Å². The zero-order valence-electron chi connectivity index (χ0n) is 25.4. The van der Waals surface area contributed by atoms with Crippen LogP contribution in [-0.4, -0.2) is 67.6 Å². The third kappa shape index (κ3) is 3.95. The minimum absolute atomic E-state index is 0.0431. The van der Waals surface area contributed by atoms with Gasteiger partial charge in [-0.2, -0.15) is 0 Å². The van der Waals surface area contributed by atoms with Crippen molar-refractivity contribution in [2.24, 2.45) is 34.0 Å². The molecule has 4 fully saturated rings. The van der Waals surface area contributed by atoms with Crippen molar-refractivity contribution in [3.05, 3.63) is 24.2 Å². The summed E-state index contributed by atoms with van der Waals surface area (Å²) in [6.45, 7) is 6.95. The number of methoxy groups -OCH3 is 3. The molecular weight excluding hydrogens is 548 g/mol. The Bertz CT molecular complexity index is 1260. The predicted molar refractivity (Wildman–Crippen MR) is 144 cm³/mol. The van der Waals surface area contributed by atoms with Crippen LogP contribution in [0.25, 0.3) is 0 Å². The lowest BCUT2D eigenvalue weighted by molar-refractivity contribution is -0.248. The average molecular weight is 591 g/mol. The van der Waals surface area contributed by atoms with Crippen molar-refractivity contribution >= 4 is 23.7 Å². The van der Waals surface area contributed by atoms with Crippen molar-refractivity contribution in [3.63, 3.8) is 0 Å². The molecule has 11 nitrogen and oxygen atoms in total. The van der Waals surface area contributed by atoms with Crippen molar-refractivity contribution in [1.29, 1.82) is 0 Å². The van der Waals surface area contributed by atoms with E-state index in [1.54, 1.807) is 6.07 Å². The number of furan rings is 1. The first-order valence-electron chi connectivity index (χ1n) is 14.5. The fourth-order valence-electron chi connectivity index (χ4n) is 9.68. The van der Waals surface area contributed by atoms with Gasteiger partial charge in [-0.15, -0.1) is 0 Å². The second kappa shape index (κ2) is 10.2. The van der Waals surface area contributed by atoms with Gasteiger partial charge in [-0.25, -0.2) is 0 Å². The van der Waals surface area contributed by atoms with Gasteiger partial charge in [0.1, 0.15) is 6.10 Å². The van der Waals surface area contributed by atoms with Gasteiger partial charge < -0.3 is 33.2 Å². The zero-order chi connectivity index (χ0) is 30.9. The highest BCUT2D eigenvalue weighted by Crippen LogP contribution is 2.77. The van der Waals surface area contributed by atoms with Gasteiger partial charge in [0.25, 0.3) is 0 Å². The first-order valence-corrected chi connectivity index (χ1v) is 14.5. The summed E-state index contributed by atoms with van der Waals surface area (Å²) in [7, 11) is 4.34. The largest absolute Gasteiger partial charge is 0.472 e. The highest BCUT2D eigenvalue weighted by atomic mass is 16.7. The van der Waals surface area contributed by atoms with E-state index in [1.165, 1.54) is 40.8 Å². The van der Waals surface area contributed by atoms with Crippen LogP contribution in [0, 0.1) is 34.0 Å². The van der Waals surface area contributed by atoms with Crippen molar-refractivity contribution in [2.45, 2.75) is 89.8 Å². The Morgan fingerprint density at radius 2 is 1.83 bits per heavy atom. The molecule has 1 saturated heterocycles. The molecule has 5 rings (SSSR count). The van der Waals surface area contributed by atoms with Crippen LogP contribution in [0.5, 0.6) is 0 Å². The molecule has 11 heteroatoms. The summed E-state index contributed by atoms with van der Waals surface area (Å²) in [6, 6.07) is 1.69. The lowest BCUT2D eigenvalue weighted by atomic mass is 9.48. The number of rotatable bonds is 8. The Balaban J connectivity index is 1.69. The average Bonchev–Trinajstić information content (AvgIpc) is 3.56. The molecule has 1 aromatic heterocycles. The molecule has 1 aliphatic heterocycles. The summed E-state index contributed by atoms with van der Waals surface area (Å²) in [4.78, 5) is 53.8. The van der Waals surface area contributed by atoms with E-state index in [-0.39, 0.29) is 19.3 Å². The van der Waals surface area contributed by atoms with Crippen molar-refractivity contribution in [3.8, 4) is 0 Å². The van der Waals surface area contributed by atoms with Crippen LogP contribution in [0.1, 0.15) is 77.9 Å². The number of hydrogen-bond acceptors (Lipinski definition) is 11. The van der Waals surface area contributed by atoms with Crippen LogP contribution in [0.15, 0.2) is 23.0 Å². The Labute approximate surface area is 245 Å². The van der Waals surface area contributed by atoms with Gasteiger partial charge in [0.05, 0.1) is 37.6 Å². The molecule has 0 unspecified atom stereocenters. The van der Waals surface area contributed by atoms with Crippen molar-refractivity contribution < 1.29 is 52.4 Å². The van der Waals surface area contributed by atoms with E-state index in [4.69, 9.17) is 28.1 Å². The molecule has 42 heavy (non-hydrogen) atoms. The molecule has 0 radical (unpaired) electrons. The molecule has 2 heterocycles. The molecule has 0 amide bonds. The first kappa shape index (κ1) is 30.7. The molecule has 9 atom stereocenters. The van der Waals surface area contributed by atoms with Gasteiger partial charge in [-0.05, 0) is 36.2 Å². The lowest BCUT2D eigenvalue weighted by Crippen LogP contribution is -2.65. The number of ketones is 1. The van der Waals surface area contributed by atoms with E-state index in [1.807, 2.05) is 20.8 Å². The second-order valence-electron chi connectivity index (χ2n) is 13.4. The van der Waals surface area contributed by atoms with Crippen LogP contribution < -0.4 is 0 Å². The summed E-state index contributed by atoms with van der Waals surface area (Å²) in [5.74, 6) is -4.24. The summed E-state index contributed by atoms with van der Waals surface area (Å²) in [5.41, 5.74) is -5.76. The van der Waals surface area contributed by atoms with Crippen LogP contribution in [0.4, 0.5) is 0 Å². The topological polar surface area (TPSA) is 148 Å². The molecule has 0 spiro atoms. The van der Waals surface area contributed by atoms with E-state index >= 15 is 4.79 Å². The molecule has 1 aromatic rings. The van der Waals surface area contributed by atoms with Crippen molar-refractivity contribution in [1.82, 2.24) is 0 Å². The smallest absolute Gasteiger partial charge is 0.309 e. The number of cyclic esters (lactones) is 1. The molecule has 232 valence electrons. The van der Waals surface area contributed by atoms with Gasteiger partial charge >= 0.3 is 17.9 Å². The third-order valence-corrected chi connectivity index (χ3v) is 11.6. The number of hydrogen-bond donors (Lipinski definition) is 1. The van der Waals surface area contributed by atoms with E-state index < -0.39 is 81.3 Å². The summed E-state index contributed by atoms with van der Waals surface area (Å²) >= 11 is 0. The number of ether oxygens (including phenoxy) is 5. The predicted octanol–water partition coefficient (Wildman–Crippen LogP) is 3.52. The fraction of sp³-hybridized carbons (Fsp3) is 0.742. The fourth-order valence-corrected chi connectivity index (χ4v) is 9.68.